The van der Waals surface area contributed by atoms with E-state index >= 15 is 0 Å². The minimum Gasteiger partial charge on any atom is -0.263 e. The molecule has 0 amide bonds. The first-order valence-corrected chi connectivity index (χ1v) is 6.27. The van der Waals surface area contributed by atoms with E-state index in [4.69, 9.17) is 0 Å². The van der Waals surface area contributed by atoms with Crippen molar-refractivity contribution in [1.82, 2.24) is 15.2 Å². The van der Waals surface area contributed by atoms with E-state index in [9.17, 15) is 0 Å². The van der Waals surface area contributed by atoms with Crippen molar-refractivity contribution in [1.29, 1.82) is 0 Å². The second kappa shape index (κ2) is 3.62. The Bertz CT molecular complexity index is 318. The van der Waals surface area contributed by atoms with E-state index < -0.39 is 0 Å². The maximum absolute atomic E-state index is 4.69. The standard InChI is InChI=1S/C12H19N3/c1-8(9-6-7-9)11-13-12(15-14-11)10-4-2-3-5-10/h8-10H,2-7H2,1H3,(H,13,14,15). The first-order valence-electron chi connectivity index (χ1n) is 6.27. The summed E-state index contributed by atoms with van der Waals surface area (Å²) in [4.78, 5) is 4.69. The van der Waals surface area contributed by atoms with Gasteiger partial charge >= 0.3 is 0 Å². The second-order valence-electron chi connectivity index (χ2n) is 5.19. The zero-order chi connectivity index (χ0) is 10.3. The highest BCUT2D eigenvalue weighted by atomic mass is 15.2. The summed E-state index contributed by atoms with van der Waals surface area (Å²) in [5.41, 5.74) is 0. The molecule has 15 heavy (non-hydrogen) atoms. The highest BCUT2D eigenvalue weighted by molar-refractivity contribution is 5.05. The zero-order valence-corrected chi connectivity index (χ0v) is 9.37. The SMILES string of the molecule is CC(c1n[nH]c(C2CCCC2)n1)C1CC1. The molecule has 2 aliphatic rings. The van der Waals surface area contributed by atoms with Crippen LogP contribution in [0.3, 0.4) is 0 Å². The lowest BCUT2D eigenvalue weighted by molar-refractivity contribution is 0.620. The average Bonchev–Trinajstić information content (AvgIpc) is 2.80. The molecule has 82 valence electrons. The molecule has 1 atom stereocenters. The summed E-state index contributed by atoms with van der Waals surface area (Å²) in [6, 6.07) is 0. The number of nitrogens with zero attached hydrogens (tertiary/aromatic N) is 2. The van der Waals surface area contributed by atoms with E-state index in [1.54, 1.807) is 0 Å². The van der Waals surface area contributed by atoms with Gasteiger partial charge in [0.05, 0.1) is 0 Å². The molecule has 0 bridgehead atoms. The molecule has 0 aromatic carbocycles. The molecule has 3 heteroatoms. The summed E-state index contributed by atoms with van der Waals surface area (Å²) in [5, 5.41) is 7.54. The summed E-state index contributed by atoms with van der Waals surface area (Å²) < 4.78 is 0. The maximum atomic E-state index is 4.69. The predicted molar refractivity (Wildman–Crippen MR) is 58.7 cm³/mol. The van der Waals surface area contributed by atoms with Crippen LogP contribution in [0.2, 0.25) is 0 Å². The van der Waals surface area contributed by atoms with E-state index in [1.165, 1.54) is 38.5 Å². The number of hydrogen-bond donors (Lipinski definition) is 1. The molecule has 0 spiro atoms. The van der Waals surface area contributed by atoms with Gasteiger partial charge in [0.2, 0.25) is 0 Å². The first-order chi connectivity index (χ1) is 7.34. The van der Waals surface area contributed by atoms with Crippen LogP contribution >= 0.6 is 0 Å². The lowest BCUT2D eigenvalue weighted by Crippen LogP contribution is -1.99. The third-order valence-electron chi connectivity index (χ3n) is 4.00. The molecule has 1 aromatic rings. The number of H-pyrrole nitrogens is 1. The van der Waals surface area contributed by atoms with Crippen LogP contribution in [-0.2, 0) is 0 Å². The molecule has 1 N–H and O–H groups in total. The number of aromatic amines is 1. The van der Waals surface area contributed by atoms with E-state index in [2.05, 4.69) is 22.1 Å². The van der Waals surface area contributed by atoms with Gasteiger partial charge in [-0.1, -0.05) is 19.8 Å². The summed E-state index contributed by atoms with van der Waals surface area (Å²) in [5.74, 6) is 4.29. The van der Waals surface area contributed by atoms with Crippen molar-refractivity contribution in [3.63, 3.8) is 0 Å². The average molecular weight is 205 g/mol. The fourth-order valence-corrected chi connectivity index (χ4v) is 2.68. The van der Waals surface area contributed by atoms with Crippen LogP contribution in [0.15, 0.2) is 0 Å². The van der Waals surface area contributed by atoms with Gasteiger partial charge in [-0.2, -0.15) is 5.10 Å². The molecule has 3 nitrogen and oxygen atoms in total. The second-order valence-corrected chi connectivity index (χ2v) is 5.19. The quantitative estimate of drug-likeness (QED) is 0.824. The van der Waals surface area contributed by atoms with Gasteiger partial charge in [-0.25, -0.2) is 4.98 Å². The highest BCUT2D eigenvalue weighted by Gasteiger charge is 2.32. The van der Waals surface area contributed by atoms with Crippen molar-refractivity contribution >= 4 is 0 Å². The first kappa shape index (κ1) is 9.37. The van der Waals surface area contributed by atoms with Gasteiger partial charge in [0, 0.05) is 11.8 Å². The Hall–Kier alpha value is -0.860. The smallest absolute Gasteiger partial charge is 0.153 e. The predicted octanol–water partition coefficient (Wildman–Crippen LogP) is 2.98. The normalized spacial score (nSPS) is 24.6. The topological polar surface area (TPSA) is 41.6 Å². The van der Waals surface area contributed by atoms with Gasteiger partial charge in [0.1, 0.15) is 5.82 Å². The largest absolute Gasteiger partial charge is 0.263 e. The molecule has 1 aromatic heterocycles. The third kappa shape index (κ3) is 1.80. The number of rotatable bonds is 3. The Labute approximate surface area is 90.7 Å². The minimum absolute atomic E-state index is 0.566. The van der Waals surface area contributed by atoms with Crippen LogP contribution in [0.25, 0.3) is 0 Å². The molecule has 0 radical (unpaired) electrons. The summed E-state index contributed by atoms with van der Waals surface area (Å²) in [6.07, 6.45) is 8.06. The van der Waals surface area contributed by atoms with Gasteiger partial charge in [-0.15, -0.1) is 0 Å². The molecule has 2 fully saturated rings. The highest BCUT2D eigenvalue weighted by Crippen LogP contribution is 2.41. The van der Waals surface area contributed by atoms with Crippen LogP contribution in [0.1, 0.15) is 68.9 Å². The van der Waals surface area contributed by atoms with E-state index in [0.29, 0.717) is 11.8 Å². The molecule has 1 unspecified atom stereocenters. The molecule has 2 saturated carbocycles. The Morgan fingerprint density at radius 1 is 1.20 bits per heavy atom. The van der Waals surface area contributed by atoms with Crippen LogP contribution in [0.4, 0.5) is 0 Å². The Morgan fingerprint density at radius 3 is 2.60 bits per heavy atom. The Kier molecular flexibility index (Phi) is 2.26. The molecular formula is C12H19N3. The summed E-state index contributed by atoms with van der Waals surface area (Å²) >= 11 is 0. The molecule has 1 heterocycles. The van der Waals surface area contributed by atoms with Gasteiger partial charge in [0.25, 0.3) is 0 Å². The van der Waals surface area contributed by atoms with Crippen LogP contribution < -0.4 is 0 Å². The van der Waals surface area contributed by atoms with E-state index in [-0.39, 0.29) is 0 Å². The summed E-state index contributed by atoms with van der Waals surface area (Å²) in [7, 11) is 0. The fraction of sp³-hybridized carbons (Fsp3) is 0.833. The van der Waals surface area contributed by atoms with Gasteiger partial charge in [-0.3, -0.25) is 5.10 Å². The van der Waals surface area contributed by atoms with Crippen molar-refractivity contribution in [2.45, 2.75) is 57.3 Å². The van der Waals surface area contributed by atoms with Crippen LogP contribution in [0, 0.1) is 5.92 Å². The molecule has 0 aliphatic heterocycles. The number of aromatic nitrogens is 3. The molecule has 0 saturated heterocycles. The zero-order valence-electron chi connectivity index (χ0n) is 9.37. The van der Waals surface area contributed by atoms with E-state index in [0.717, 1.165) is 17.6 Å². The Balaban J connectivity index is 1.74. The van der Waals surface area contributed by atoms with Crippen molar-refractivity contribution in [2.75, 3.05) is 0 Å². The molecule has 3 rings (SSSR count). The monoisotopic (exact) mass is 205 g/mol. The Morgan fingerprint density at radius 2 is 1.93 bits per heavy atom. The number of hydrogen-bond acceptors (Lipinski definition) is 2. The fourth-order valence-electron chi connectivity index (χ4n) is 2.68. The lowest BCUT2D eigenvalue weighted by Gasteiger charge is -2.04. The van der Waals surface area contributed by atoms with Gasteiger partial charge < -0.3 is 0 Å². The van der Waals surface area contributed by atoms with Crippen LogP contribution in [-0.4, -0.2) is 15.2 Å². The van der Waals surface area contributed by atoms with Crippen molar-refractivity contribution in [3.05, 3.63) is 11.6 Å². The third-order valence-corrected chi connectivity index (χ3v) is 4.00. The van der Waals surface area contributed by atoms with Gasteiger partial charge in [0.15, 0.2) is 5.82 Å². The number of nitrogens with one attached hydrogen (secondary N) is 1. The maximum Gasteiger partial charge on any atom is 0.153 e. The van der Waals surface area contributed by atoms with Crippen molar-refractivity contribution < 1.29 is 0 Å². The van der Waals surface area contributed by atoms with Gasteiger partial charge in [-0.05, 0) is 31.6 Å². The summed E-state index contributed by atoms with van der Waals surface area (Å²) in [6.45, 7) is 2.26. The minimum atomic E-state index is 0.566. The molecule has 2 aliphatic carbocycles. The van der Waals surface area contributed by atoms with Crippen molar-refractivity contribution in [2.24, 2.45) is 5.92 Å². The lowest BCUT2D eigenvalue weighted by atomic mass is 10.1. The molecular weight excluding hydrogens is 186 g/mol. The van der Waals surface area contributed by atoms with E-state index in [1.807, 2.05) is 0 Å². The van der Waals surface area contributed by atoms with Crippen LogP contribution in [0.5, 0.6) is 0 Å². The van der Waals surface area contributed by atoms with Crippen molar-refractivity contribution in [3.8, 4) is 0 Å².